The molecule has 0 radical (unpaired) electrons. The zero-order valence-electron chi connectivity index (χ0n) is 15.3. The lowest BCUT2D eigenvalue weighted by Crippen LogP contribution is -2.24. The van der Waals surface area contributed by atoms with E-state index in [9.17, 15) is 4.79 Å². The minimum absolute atomic E-state index is 0.257. The number of nitrogens with one attached hydrogen (secondary N) is 2. The summed E-state index contributed by atoms with van der Waals surface area (Å²) in [5.41, 5.74) is 2.13. The van der Waals surface area contributed by atoms with E-state index < -0.39 is 0 Å². The van der Waals surface area contributed by atoms with Crippen molar-refractivity contribution in [2.75, 3.05) is 11.9 Å². The zero-order chi connectivity index (χ0) is 19.1. The molecule has 1 aromatic carbocycles. The van der Waals surface area contributed by atoms with Crippen LogP contribution in [0.3, 0.4) is 0 Å². The first kappa shape index (κ1) is 18.3. The summed E-state index contributed by atoms with van der Waals surface area (Å²) < 4.78 is 5.43. The van der Waals surface area contributed by atoms with Crippen LogP contribution in [0, 0.1) is 6.92 Å². The Kier molecular flexibility index (Phi) is 5.94. The average Bonchev–Trinajstić information content (AvgIpc) is 2.68. The standard InChI is InChI=1S/C20H21N5O2/c1-3-27-17-6-4-16(5-7-17)25-19-12-18(23-14(2)24-19)20(26)22-13-15-8-10-21-11-9-15/h4-12H,3,13H2,1-2H3,(H,22,26)(H,23,24,25). The van der Waals surface area contributed by atoms with Gasteiger partial charge in [0.1, 0.15) is 23.1 Å². The van der Waals surface area contributed by atoms with Crippen LogP contribution in [-0.2, 0) is 6.54 Å². The van der Waals surface area contributed by atoms with Crippen molar-refractivity contribution in [2.24, 2.45) is 0 Å². The van der Waals surface area contributed by atoms with Gasteiger partial charge in [-0.25, -0.2) is 9.97 Å². The van der Waals surface area contributed by atoms with E-state index in [4.69, 9.17) is 4.74 Å². The molecule has 7 nitrogen and oxygen atoms in total. The number of aryl methyl sites for hydroxylation is 1. The molecular formula is C20H21N5O2. The molecule has 0 saturated heterocycles. The largest absolute Gasteiger partial charge is 0.494 e. The van der Waals surface area contributed by atoms with Crippen LogP contribution in [0.5, 0.6) is 5.75 Å². The van der Waals surface area contributed by atoms with Gasteiger partial charge in [-0.2, -0.15) is 0 Å². The normalized spacial score (nSPS) is 10.3. The highest BCUT2D eigenvalue weighted by molar-refractivity contribution is 5.93. The van der Waals surface area contributed by atoms with Gasteiger partial charge in [0.05, 0.1) is 6.61 Å². The summed E-state index contributed by atoms with van der Waals surface area (Å²) in [5.74, 6) is 1.62. The molecule has 0 unspecified atom stereocenters. The van der Waals surface area contributed by atoms with Gasteiger partial charge in [0.15, 0.2) is 0 Å². The van der Waals surface area contributed by atoms with E-state index in [1.165, 1.54) is 0 Å². The van der Waals surface area contributed by atoms with Crippen molar-refractivity contribution in [3.8, 4) is 5.75 Å². The van der Waals surface area contributed by atoms with Crippen LogP contribution in [0.15, 0.2) is 54.9 Å². The summed E-state index contributed by atoms with van der Waals surface area (Å²) >= 11 is 0. The molecule has 0 aliphatic heterocycles. The van der Waals surface area contributed by atoms with E-state index in [0.29, 0.717) is 30.5 Å². The summed E-state index contributed by atoms with van der Waals surface area (Å²) in [5, 5.41) is 6.04. The molecule has 0 aliphatic rings. The predicted octanol–water partition coefficient (Wildman–Crippen LogP) is 3.25. The summed E-state index contributed by atoms with van der Waals surface area (Å²) in [4.78, 5) is 25.0. The Morgan fingerprint density at radius 3 is 2.52 bits per heavy atom. The molecule has 0 aliphatic carbocycles. The van der Waals surface area contributed by atoms with Gasteiger partial charge in [-0.15, -0.1) is 0 Å². The number of rotatable bonds is 7. The maximum absolute atomic E-state index is 12.4. The van der Waals surface area contributed by atoms with Crippen LogP contribution >= 0.6 is 0 Å². The van der Waals surface area contributed by atoms with Crippen LogP contribution in [-0.4, -0.2) is 27.5 Å². The Balaban J connectivity index is 1.68. The third-order valence-corrected chi connectivity index (χ3v) is 3.71. The van der Waals surface area contributed by atoms with Crippen molar-refractivity contribution >= 4 is 17.4 Å². The maximum Gasteiger partial charge on any atom is 0.270 e. The lowest BCUT2D eigenvalue weighted by molar-refractivity contribution is 0.0945. The molecule has 7 heteroatoms. The first-order valence-electron chi connectivity index (χ1n) is 8.66. The van der Waals surface area contributed by atoms with Crippen LogP contribution in [0.2, 0.25) is 0 Å². The smallest absolute Gasteiger partial charge is 0.270 e. The van der Waals surface area contributed by atoms with Gasteiger partial charge < -0.3 is 15.4 Å². The summed E-state index contributed by atoms with van der Waals surface area (Å²) in [6.07, 6.45) is 3.38. The first-order chi connectivity index (χ1) is 13.1. The predicted molar refractivity (Wildman–Crippen MR) is 103 cm³/mol. The lowest BCUT2D eigenvalue weighted by atomic mass is 10.2. The molecule has 27 heavy (non-hydrogen) atoms. The number of carbonyl (C=O) groups is 1. The number of ether oxygens (including phenoxy) is 1. The molecule has 138 valence electrons. The third-order valence-electron chi connectivity index (χ3n) is 3.71. The van der Waals surface area contributed by atoms with E-state index >= 15 is 0 Å². The number of nitrogens with zero attached hydrogens (tertiary/aromatic N) is 3. The maximum atomic E-state index is 12.4. The van der Waals surface area contributed by atoms with Crippen LogP contribution in [0.4, 0.5) is 11.5 Å². The zero-order valence-corrected chi connectivity index (χ0v) is 15.3. The van der Waals surface area contributed by atoms with Crippen molar-refractivity contribution in [2.45, 2.75) is 20.4 Å². The summed E-state index contributed by atoms with van der Waals surface area (Å²) in [6, 6.07) is 12.9. The van der Waals surface area contributed by atoms with Gasteiger partial charge in [0.2, 0.25) is 0 Å². The lowest BCUT2D eigenvalue weighted by Gasteiger charge is -2.10. The topological polar surface area (TPSA) is 89.0 Å². The second-order valence-electron chi connectivity index (χ2n) is 5.81. The van der Waals surface area contributed by atoms with Crippen LogP contribution < -0.4 is 15.4 Å². The number of amides is 1. The fourth-order valence-electron chi connectivity index (χ4n) is 2.47. The number of carbonyl (C=O) groups excluding carboxylic acids is 1. The second-order valence-corrected chi connectivity index (χ2v) is 5.81. The van der Waals surface area contributed by atoms with Crippen LogP contribution in [0.25, 0.3) is 0 Å². The van der Waals surface area contributed by atoms with Gasteiger partial charge in [0, 0.05) is 30.7 Å². The molecule has 3 aromatic rings. The summed E-state index contributed by atoms with van der Waals surface area (Å²) in [6.45, 7) is 4.72. The molecule has 0 fully saturated rings. The highest BCUT2D eigenvalue weighted by Gasteiger charge is 2.11. The molecule has 0 spiro atoms. The number of hydrogen-bond donors (Lipinski definition) is 2. The Labute approximate surface area is 157 Å². The number of hydrogen-bond acceptors (Lipinski definition) is 6. The second kappa shape index (κ2) is 8.75. The molecule has 1 amide bonds. The third kappa shape index (κ3) is 5.24. The molecule has 3 rings (SSSR count). The molecular weight excluding hydrogens is 342 g/mol. The highest BCUT2D eigenvalue weighted by atomic mass is 16.5. The number of pyridine rings is 1. The molecule has 0 atom stereocenters. The molecule has 0 bridgehead atoms. The minimum atomic E-state index is -0.257. The first-order valence-corrected chi connectivity index (χ1v) is 8.66. The van der Waals surface area contributed by atoms with Gasteiger partial charge in [-0.3, -0.25) is 9.78 Å². The highest BCUT2D eigenvalue weighted by Crippen LogP contribution is 2.19. The fraction of sp³-hybridized carbons (Fsp3) is 0.200. The minimum Gasteiger partial charge on any atom is -0.494 e. The average molecular weight is 363 g/mol. The Morgan fingerprint density at radius 1 is 1.07 bits per heavy atom. The van der Waals surface area contributed by atoms with E-state index in [1.54, 1.807) is 25.4 Å². The molecule has 2 aromatic heterocycles. The fourth-order valence-corrected chi connectivity index (χ4v) is 2.47. The van der Waals surface area contributed by atoms with Gasteiger partial charge in [-0.05, 0) is 55.8 Å². The van der Waals surface area contributed by atoms with Crippen molar-refractivity contribution in [1.82, 2.24) is 20.3 Å². The summed E-state index contributed by atoms with van der Waals surface area (Å²) in [7, 11) is 0. The Hall–Kier alpha value is -3.48. The SMILES string of the molecule is CCOc1ccc(Nc2cc(C(=O)NCc3ccncc3)nc(C)n2)cc1. The quantitative estimate of drug-likeness (QED) is 0.670. The molecule has 2 N–H and O–H groups in total. The van der Waals surface area contributed by atoms with Crippen LogP contribution in [0.1, 0.15) is 28.8 Å². The molecule has 0 saturated carbocycles. The molecule has 2 heterocycles. The van der Waals surface area contributed by atoms with Crippen molar-refractivity contribution in [3.05, 3.63) is 71.9 Å². The number of benzene rings is 1. The van der Waals surface area contributed by atoms with Gasteiger partial charge >= 0.3 is 0 Å². The number of aromatic nitrogens is 3. The van der Waals surface area contributed by atoms with E-state index in [0.717, 1.165) is 17.0 Å². The van der Waals surface area contributed by atoms with Crippen molar-refractivity contribution in [3.63, 3.8) is 0 Å². The van der Waals surface area contributed by atoms with E-state index in [2.05, 4.69) is 25.6 Å². The van der Waals surface area contributed by atoms with Gasteiger partial charge in [0.25, 0.3) is 5.91 Å². The number of anilines is 2. The van der Waals surface area contributed by atoms with Gasteiger partial charge in [-0.1, -0.05) is 0 Å². The monoisotopic (exact) mass is 363 g/mol. The Morgan fingerprint density at radius 2 is 1.81 bits per heavy atom. The van der Waals surface area contributed by atoms with Crippen molar-refractivity contribution < 1.29 is 9.53 Å². The van der Waals surface area contributed by atoms with E-state index in [1.807, 2.05) is 43.3 Å². The van der Waals surface area contributed by atoms with E-state index in [-0.39, 0.29) is 5.91 Å². The Bertz CT molecular complexity index is 898. The van der Waals surface area contributed by atoms with Crippen molar-refractivity contribution in [1.29, 1.82) is 0 Å².